The van der Waals surface area contributed by atoms with Crippen molar-refractivity contribution < 1.29 is 4.79 Å². The van der Waals surface area contributed by atoms with Gasteiger partial charge in [0.05, 0.1) is 17.9 Å². The van der Waals surface area contributed by atoms with Crippen LogP contribution in [-0.4, -0.2) is 28.3 Å². The number of nitrogens with one attached hydrogen (secondary N) is 2. The van der Waals surface area contributed by atoms with Crippen molar-refractivity contribution in [3.8, 4) is 5.69 Å². The average Bonchev–Trinajstić information content (AvgIpc) is 3.10. The first kappa shape index (κ1) is 13.1. The molecule has 1 aromatic heterocycles. The van der Waals surface area contributed by atoms with Gasteiger partial charge in [0.25, 0.3) is 0 Å². The Bertz CT molecular complexity index is 608. The van der Waals surface area contributed by atoms with Crippen molar-refractivity contribution in [3.05, 3.63) is 41.7 Å². The second-order valence-corrected chi connectivity index (χ2v) is 5.25. The normalized spacial score (nSPS) is 14.2. The van der Waals surface area contributed by atoms with Gasteiger partial charge in [-0.2, -0.15) is 5.10 Å². The molecule has 0 atom stereocenters. The standard InChI is InChI=1S/C14H15ClN4O/c15-10-2-5-13(19-7-1-6-17-19)12(8-10)18-14(20)9-16-11-3-4-11/h1-2,5-8,11,16H,3-4,9H2,(H,18,20). The molecule has 1 aliphatic rings. The van der Waals surface area contributed by atoms with Crippen LogP contribution < -0.4 is 10.6 Å². The summed E-state index contributed by atoms with van der Waals surface area (Å²) in [6.45, 7) is 0.315. The third-order valence-electron chi connectivity index (χ3n) is 3.11. The van der Waals surface area contributed by atoms with Crippen molar-refractivity contribution in [3.63, 3.8) is 0 Å². The maximum absolute atomic E-state index is 11.9. The molecule has 0 bridgehead atoms. The number of hydrogen-bond donors (Lipinski definition) is 2. The summed E-state index contributed by atoms with van der Waals surface area (Å²) in [5.74, 6) is -0.0763. The Hall–Kier alpha value is -1.85. The zero-order chi connectivity index (χ0) is 13.9. The predicted octanol–water partition coefficient (Wildman–Crippen LogP) is 2.22. The monoisotopic (exact) mass is 290 g/mol. The molecule has 5 nitrogen and oxygen atoms in total. The number of rotatable bonds is 5. The van der Waals surface area contributed by atoms with E-state index in [2.05, 4.69) is 15.7 Å². The van der Waals surface area contributed by atoms with Gasteiger partial charge in [-0.1, -0.05) is 11.6 Å². The molecule has 1 saturated carbocycles. The van der Waals surface area contributed by atoms with Crippen LogP contribution in [0.4, 0.5) is 5.69 Å². The molecule has 3 rings (SSSR count). The first-order valence-corrected chi connectivity index (χ1v) is 6.93. The second-order valence-electron chi connectivity index (χ2n) is 4.82. The molecule has 104 valence electrons. The molecule has 1 aliphatic carbocycles. The first-order valence-electron chi connectivity index (χ1n) is 6.55. The summed E-state index contributed by atoms with van der Waals surface area (Å²) in [7, 11) is 0. The predicted molar refractivity (Wildman–Crippen MR) is 78.2 cm³/mol. The fourth-order valence-corrected chi connectivity index (χ4v) is 2.11. The highest BCUT2D eigenvalue weighted by atomic mass is 35.5. The van der Waals surface area contributed by atoms with E-state index < -0.39 is 0 Å². The van der Waals surface area contributed by atoms with E-state index in [1.807, 2.05) is 18.3 Å². The number of carbonyl (C=O) groups excluding carboxylic acids is 1. The molecule has 20 heavy (non-hydrogen) atoms. The van der Waals surface area contributed by atoms with Gasteiger partial charge in [-0.25, -0.2) is 4.68 Å². The summed E-state index contributed by atoms with van der Waals surface area (Å²) < 4.78 is 1.69. The lowest BCUT2D eigenvalue weighted by molar-refractivity contribution is -0.115. The molecule has 0 saturated heterocycles. The van der Waals surface area contributed by atoms with Crippen LogP contribution in [0.3, 0.4) is 0 Å². The van der Waals surface area contributed by atoms with Gasteiger partial charge < -0.3 is 10.6 Å². The van der Waals surface area contributed by atoms with Crippen LogP contribution in [0.2, 0.25) is 5.02 Å². The van der Waals surface area contributed by atoms with Crippen LogP contribution in [-0.2, 0) is 4.79 Å². The topological polar surface area (TPSA) is 59.0 Å². The molecular weight excluding hydrogens is 276 g/mol. The summed E-state index contributed by atoms with van der Waals surface area (Å²) in [4.78, 5) is 11.9. The third-order valence-corrected chi connectivity index (χ3v) is 3.35. The lowest BCUT2D eigenvalue weighted by atomic mass is 10.2. The molecule has 0 unspecified atom stereocenters. The maximum Gasteiger partial charge on any atom is 0.238 e. The Labute approximate surface area is 121 Å². The number of hydrogen-bond acceptors (Lipinski definition) is 3. The summed E-state index contributed by atoms with van der Waals surface area (Å²) in [6.07, 6.45) is 5.82. The molecular formula is C14H15ClN4O. The fourth-order valence-electron chi connectivity index (χ4n) is 1.94. The number of anilines is 1. The number of aromatic nitrogens is 2. The van der Waals surface area contributed by atoms with Crippen LogP contribution in [0.25, 0.3) is 5.69 Å². The minimum Gasteiger partial charge on any atom is -0.323 e. The van der Waals surface area contributed by atoms with Gasteiger partial charge >= 0.3 is 0 Å². The van der Waals surface area contributed by atoms with E-state index >= 15 is 0 Å². The second kappa shape index (κ2) is 5.64. The highest BCUT2D eigenvalue weighted by molar-refractivity contribution is 6.31. The Morgan fingerprint density at radius 1 is 1.45 bits per heavy atom. The number of nitrogens with zero attached hydrogens (tertiary/aromatic N) is 2. The van der Waals surface area contributed by atoms with E-state index in [0.29, 0.717) is 23.3 Å². The Morgan fingerprint density at radius 2 is 2.30 bits per heavy atom. The summed E-state index contributed by atoms with van der Waals surface area (Å²) in [6, 6.07) is 7.67. The van der Waals surface area contributed by atoms with Gasteiger partial charge in [-0.05, 0) is 37.1 Å². The summed E-state index contributed by atoms with van der Waals surface area (Å²) in [5, 5.41) is 10.8. The molecule has 1 fully saturated rings. The lowest BCUT2D eigenvalue weighted by Crippen LogP contribution is -2.29. The highest BCUT2D eigenvalue weighted by Gasteiger charge is 2.21. The van der Waals surface area contributed by atoms with Crippen LogP contribution in [0.5, 0.6) is 0 Å². The molecule has 2 N–H and O–H groups in total. The smallest absolute Gasteiger partial charge is 0.238 e. The minimum absolute atomic E-state index is 0.0763. The molecule has 0 radical (unpaired) electrons. The van der Waals surface area contributed by atoms with Crippen LogP contribution in [0.15, 0.2) is 36.7 Å². The number of carbonyl (C=O) groups is 1. The zero-order valence-electron chi connectivity index (χ0n) is 10.8. The van der Waals surface area contributed by atoms with Crippen molar-refractivity contribution >= 4 is 23.2 Å². The quantitative estimate of drug-likeness (QED) is 0.888. The number of halogens is 1. The van der Waals surface area contributed by atoms with Crippen LogP contribution in [0, 0.1) is 0 Å². The SMILES string of the molecule is O=C(CNC1CC1)Nc1cc(Cl)ccc1-n1cccn1. The molecule has 1 aromatic carbocycles. The third kappa shape index (κ3) is 3.18. The first-order chi connectivity index (χ1) is 9.72. The summed E-state index contributed by atoms with van der Waals surface area (Å²) in [5.41, 5.74) is 1.45. The number of amides is 1. The Kier molecular flexibility index (Phi) is 3.71. The van der Waals surface area contributed by atoms with E-state index in [-0.39, 0.29) is 5.91 Å². The van der Waals surface area contributed by atoms with Crippen molar-refractivity contribution in [1.29, 1.82) is 0 Å². The van der Waals surface area contributed by atoms with Gasteiger partial charge in [-0.15, -0.1) is 0 Å². The Morgan fingerprint density at radius 3 is 3.00 bits per heavy atom. The summed E-state index contributed by atoms with van der Waals surface area (Å²) >= 11 is 6.00. The van der Waals surface area contributed by atoms with E-state index in [4.69, 9.17) is 11.6 Å². The Balaban J connectivity index is 1.76. The van der Waals surface area contributed by atoms with Crippen molar-refractivity contribution in [1.82, 2.24) is 15.1 Å². The van der Waals surface area contributed by atoms with Crippen LogP contribution in [0.1, 0.15) is 12.8 Å². The molecule has 0 aliphatic heterocycles. The number of benzene rings is 1. The average molecular weight is 291 g/mol. The zero-order valence-corrected chi connectivity index (χ0v) is 11.6. The van der Waals surface area contributed by atoms with Crippen molar-refractivity contribution in [2.45, 2.75) is 18.9 Å². The van der Waals surface area contributed by atoms with Gasteiger partial charge in [0.15, 0.2) is 0 Å². The van der Waals surface area contributed by atoms with Gasteiger partial charge in [0.2, 0.25) is 5.91 Å². The molecule has 1 heterocycles. The maximum atomic E-state index is 11.9. The van der Waals surface area contributed by atoms with E-state index in [9.17, 15) is 4.79 Å². The molecule has 6 heteroatoms. The van der Waals surface area contributed by atoms with Gasteiger partial charge in [0.1, 0.15) is 0 Å². The highest BCUT2D eigenvalue weighted by Crippen LogP contribution is 2.24. The van der Waals surface area contributed by atoms with Crippen LogP contribution >= 0.6 is 11.6 Å². The van der Waals surface area contributed by atoms with E-state index in [0.717, 1.165) is 18.5 Å². The van der Waals surface area contributed by atoms with E-state index in [1.165, 1.54) is 0 Å². The molecule has 1 amide bonds. The largest absolute Gasteiger partial charge is 0.323 e. The van der Waals surface area contributed by atoms with Gasteiger partial charge in [0, 0.05) is 23.5 Å². The lowest BCUT2D eigenvalue weighted by Gasteiger charge is -2.12. The fraction of sp³-hybridized carbons (Fsp3) is 0.286. The van der Waals surface area contributed by atoms with Gasteiger partial charge in [-0.3, -0.25) is 4.79 Å². The molecule has 2 aromatic rings. The van der Waals surface area contributed by atoms with Crippen molar-refractivity contribution in [2.24, 2.45) is 0 Å². The minimum atomic E-state index is -0.0763. The molecule has 0 spiro atoms. The van der Waals surface area contributed by atoms with Crippen molar-refractivity contribution in [2.75, 3.05) is 11.9 Å². The van der Waals surface area contributed by atoms with E-state index in [1.54, 1.807) is 23.0 Å².